The summed E-state index contributed by atoms with van der Waals surface area (Å²) in [6.45, 7) is 11.4. The van der Waals surface area contributed by atoms with E-state index >= 15 is 0 Å². The Kier molecular flexibility index (Phi) is 11.1. The zero-order valence-electron chi connectivity index (χ0n) is 32.2. The first kappa shape index (κ1) is 37.8. The second-order valence-electron chi connectivity index (χ2n) is 14.8. The number of aliphatic hydroxyl groups excluding tert-OH is 1. The zero-order valence-corrected chi connectivity index (χ0v) is 32.2. The molecule has 1 saturated carbocycles. The highest BCUT2D eigenvalue weighted by Crippen LogP contribution is 2.57. The summed E-state index contributed by atoms with van der Waals surface area (Å²) in [5.41, 5.74) is 2.17. The first-order valence-corrected chi connectivity index (χ1v) is 18.1. The minimum atomic E-state index is -0.874. The Bertz CT molecular complexity index is 1840. The van der Waals surface area contributed by atoms with Crippen molar-refractivity contribution in [1.29, 1.82) is 0 Å². The number of aliphatic hydroxyl groups is 1. The van der Waals surface area contributed by atoms with Gasteiger partial charge in [0.15, 0.2) is 11.5 Å². The van der Waals surface area contributed by atoms with Crippen LogP contribution in [-0.2, 0) is 17.8 Å². The number of ether oxygens (including phenoxy) is 6. The average Bonchev–Trinajstić information content (AvgIpc) is 3.40. The number of hydrogen-bond acceptors (Lipinski definition) is 12. The van der Waals surface area contributed by atoms with Crippen LogP contribution in [0.3, 0.4) is 0 Å². The van der Waals surface area contributed by atoms with Crippen molar-refractivity contribution in [2.75, 3.05) is 46.4 Å². The maximum absolute atomic E-state index is 12.8. The van der Waals surface area contributed by atoms with Crippen LogP contribution < -0.4 is 28.6 Å². The van der Waals surface area contributed by atoms with Crippen LogP contribution in [0.25, 0.3) is 5.65 Å². The van der Waals surface area contributed by atoms with Crippen molar-refractivity contribution in [2.24, 2.45) is 17.8 Å². The third-order valence-electron chi connectivity index (χ3n) is 9.94. The number of aromatic nitrogens is 4. The van der Waals surface area contributed by atoms with E-state index in [1.54, 1.807) is 44.1 Å². The number of hydrogen-bond donors (Lipinski definition) is 1. The molecule has 6 rings (SSSR count). The van der Waals surface area contributed by atoms with Gasteiger partial charge in [0.2, 0.25) is 0 Å². The van der Waals surface area contributed by atoms with Crippen LogP contribution >= 0.6 is 0 Å². The molecule has 1 N–H and O–H groups in total. The number of benzene rings is 2. The standard InChI is InChI=1S/C39H52N6O8/c1-10-11-23(2)52-37-41-36(35-40-18-30(45(35)42-37)34(46)33-28-21-44(22-29(28)33)38(47)53-39(3,4)5)43(19-24-12-14-26(48-6)16-31(24)50-8)20-25-13-15-27(49-7)17-32(25)51-9/h12-18,23,28-29,33-34,46H,10-11,19-22H2,1-9H3/t23-,28-,29+,33+,34?/m0/s1. The molecule has 4 aromatic rings. The van der Waals surface area contributed by atoms with Gasteiger partial charge < -0.3 is 43.3 Å². The normalized spacial score (nSPS) is 19.0. The molecule has 1 unspecified atom stereocenters. The fourth-order valence-electron chi connectivity index (χ4n) is 7.27. The van der Waals surface area contributed by atoms with Crippen molar-refractivity contribution in [3.8, 4) is 29.0 Å². The van der Waals surface area contributed by atoms with Gasteiger partial charge >= 0.3 is 12.1 Å². The number of carbonyl (C=O) groups excluding carboxylic acids is 1. The van der Waals surface area contributed by atoms with Crippen LogP contribution in [0.15, 0.2) is 42.6 Å². The lowest BCUT2D eigenvalue weighted by Gasteiger charge is -2.27. The van der Waals surface area contributed by atoms with E-state index in [0.29, 0.717) is 66.3 Å². The summed E-state index contributed by atoms with van der Waals surface area (Å²) in [6.07, 6.45) is 2.05. The summed E-state index contributed by atoms with van der Waals surface area (Å²) in [4.78, 5) is 26.4. The van der Waals surface area contributed by atoms with Crippen LogP contribution in [0.4, 0.5) is 10.6 Å². The fourth-order valence-corrected chi connectivity index (χ4v) is 7.27. The maximum atomic E-state index is 12.8. The molecule has 2 aromatic carbocycles. The molecule has 2 fully saturated rings. The molecular formula is C39H52N6O8. The molecule has 3 heterocycles. The molecular weight excluding hydrogens is 680 g/mol. The third kappa shape index (κ3) is 8.17. The van der Waals surface area contributed by atoms with E-state index in [1.165, 1.54) is 0 Å². The van der Waals surface area contributed by atoms with Crippen LogP contribution in [-0.4, -0.2) is 88.9 Å². The lowest BCUT2D eigenvalue weighted by molar-refractivity contribution is 0.0239. The molecule has 14 heteroatoms. The predicted molar refractivity (Wildman–Crippen MR) is 198 cm³/mol. The molecule has 286 valence electrons. The van der Waals surface area contributed by atoms with Gasteiger partial charge in [-0.25, -0.2) is 14.3 Å². The molecule has 14 nitrogen and oxygen atoms in total. The Balaban J connectivity index is 1.40. The van der Waals surface area contributed by atoms with Gasteiger partial charge in [0, 0.05) is 55.4 Å². The SMILES string of the molecule is CCC[C@H](C)Oc1nc(N(Cc2ccc(OC)cc2OC)Cc2ccc(OC)cc2OC)c2ncc(C(O)[C@H]3[C@@H]4CN(C(=O)OC(C)(C)C)C[C@@H]43)n2n1. The molecule has 0 bridgehead atoms. The summed E-state index contributed by atoms with van der Waals surface area (Å²) < 4.78 is 36.1. The number of anilines is 1. The summed E-state index contributed by atoms with van der Waals surface area (Å²) in [7, 11) is 6.49. The largest absolute Gasteiger partial charge is 0.497 e. The van der Waals surface area contributed by atoms with Crippen LogP contribution in [0, 0.1) is 17.8 Å². The van der Waals surface area contributed by atoms with E-state index in [-0.39, 0.29) is 36.0 Å². The van der Waals surface area contributed by atoms with Gasteiger partial charge in [0.1, 0.15) is 34.7 Å². The van der Waals surface area contributed by atoms with Crippen molar-refractivity contribution in [3.05, 3.63) is 59.4 Å². The minimum absolute atomic E-state index is 0.0568. The number of methoxy groups -OCH3 is 4. The number of amides is 1. The number of rotatable bonds is 15. The van der Waals surface area contributed by atoms with E-state index in [1.807, 2.05) is 64.1 Å². The number of likely N-dealkylation sites (tertiary alicyclic amines) is 1. The molecule has 5 atom stereocenters. The highest BCUT2D eigenvalue weighted by molar-refractivity contribution is 5.69. The number of fused-ring (bicyclic) bond motifs is 2. The summed E-state index contributed by atoms with van der Waals surface area (Å²) in [6, 6.07) is 11.6. The Morgan fingerprint density at radius 1 is 0.943 bits per heavy atom. The second-order valence-corrected chi connectivity index (χ2v) is 14.8. The van der Waals surface area contributed by atoms with E-state index in [2.05, 4.69) is 11.8 Å². The fraction of sp³-hybridized carbons (Fsp3) is 0.538. The van der Waals surface area contributed by atoms with Gasteiger partial charge in [-0.05, 0) is 70.2 Å². The average molecular weight is 733 g/mol. The topological polar surface area (TPSA) is 142 Å². The Morgan fingerprint density at radius 3 is 2.04 bits per heavy atom. The Morgan fingerprint density at radius 2 is 1.53 bits per heavy atom. The molecule has 1 aliphatic carbocycles. The van der Waals surface area contributed by atoms with Gasteiger partial charge in [0.05, 0.1) is 46.4 Å². The van der Waals surface area contributed by atoms with Gasteiger partial charge in [0.25, 0.3) is 0 Å². The maximum Gasteiger partial charge on any atom is 0.410 e. The quantitative estimate of drug-likeness (QED) is 0.151. The second kappa shape index (κ2) is 15.6. The zero-order chi connectivity index (χ0) is 38.0. The smallest absolute Gasteiger partial charge is 0.410 e. The third-order valence-corrected chi connectivity index (χ3v) is 9.94. The monoisotopic (exact) mass is 732 g/mol. The summed E-state index contributed by atoms with van der Waals surface area (Å²) in [5, 5.41) is 16.7. The van der Waals surface area contributed by atoms with Crippen molar-refractivity contribution in [2.45, 2.75) is 78.4 Å². The first-order chi connectivity index (χ1) is 25.4. The highest BCUT2D eigenvalue weighted by Gasteiger charge is 2.60. The lowest BCUT2D eigenvalue weighted by Crippen LogP contribution is -2.37. The van der Waals surface area contributed by atoms with Crippen LogP contribution in [0.2, 0.25) is 0 Å². The van der Waals surface area contributed by atoms with Crippen LogP contribution in [0.5, 0.6) is 29.0 Å². The van der Waals surface area contributed by atoms with Gasteiger partial charge in [-0.15, -0.1) is 5.10 Å². The molecule has 2 aromatic heterocycles. The summed E-state index contributed by atoms with van der Waals surface area (Å²) in [5.74, 6) is 3.37. The van der Waals surface area contributed by atoms with Gasteiger partial charge in [-0.3, -0.25) is 0 Å². The van der Waals surface area contributed by atoms with Gasteiger partial charge in [-0.2, -0.15) is 4.98 Å². The number of imidazole rings is 1. The van der Waals surface area contributed by atoms with Crippen molar-refractivity contribution < 1.29 is 38.3 Å². The highest BCUT2D eigenvalue weighted by atomic mass is 16.6. The number of nitrogens with zero attached hydrogens (tertiary/aromatic N) is 6. The molecule has 53 heavy (non-hydrogen) atoms. The van der Waals surface area contributed by atoms with E-state index in [0.717, 1.165) is 24.0 Å². The molecule has 0 spiro atoms. The van der Waals surface area contributed by atoms with E-state index in [9.17, 15) is 9.90 Å². The van der Waals surface area contributed by atoms with E-state index in [4.69, 9.17) is 43.5 Å². The van der Waals surface area contributed by atoms with Crippen molar-refractivity contribution in [1.82, 2.24) is 24.5 Å². The predicted octanol–water partition coefficient (Wildman–Crippen LogP) is 6.08. The van der Waals surface area contributed by atoms with Crippen molar-refractivity contribution in [3.63, 3.8) is 0 Å². The molecule has 1 amide bonds. The Labute approximate surface area is 310 Å². The lowest BCUT2D eigenvalue weighted by atomic mass is 10.1. The molecule has 1 aliphatic heterocycles. The van der Waals surface area contributed by atoms with Crippen LogP contribution in [0.1, 0.15) is 70.4 Å². The van der Waals surface area contributed by atoms with Gasteiger partial charge in [-0.1, -0.05) is 13.3 Å². The minimum Gasteiger partial charge on any atom is -0.497 e. The van der Waals surface area contributed by atoms with E-state index < -0.39 is 11.7 Å². The Hall–Kier alpha value is -4.98. The molecule has 0 radical (unpaired) electrons. The molecule has 2 aliphatic rings. The molecule has 1 saturated heterocycles. The van der Waals surface area contributed by atoms with Crippen molar-refractivity contribution >= 4 is 17.6 Å². The first-order valence-electron chi connectivity index (χ1n) is 18.1. The summed E-state index contributed by atoms with van der Waals surface area (Å²) >= 11 is 0. The number of piperidine rings is 1. The number of carbonyl (C=O) groups is 1.